The summed E-state index contributed by atoms with van der Waals surface area (Å²) in [7, 11) is 0. The molecule has 0 saturated carbocycles. The molecule has 0 amide bonds. The van der Waals surface area contributed by atoms with Crippen molar-refractivity contribution >= 4 is 0 Å². The summed E-state index contributed by atoms with van der Waals surface area (Å²) in [6.07, 6.45) is 2.44. The fraction of sp³-hybridized carbons (Fsp3) is 0.583. The highest BCUT2D eigenvalue weighted by molar-refractivity contribution is 5.22. The molecule has 1 aromatic rings. The van der Waals surface area contributed by atoms with Crippen molar-refractivity contribution in [3.63, 3.8) is 0 Å². The van der Waals surface area contributed by atoms with Gasteiger partial charge in [-0.05, 0) is 25.0 Å². The van der Waals surface area contributed by atoms with Crippen LogP contribution in [0.15, 0.2) is 12.1 Å². The lowest BCUT2D eigenvalue weighted by Crippen LogP contribution is -2.39. The lowest BCUT2D eigenvalue weighted by Gasteiger charge is -2.36. The quantitative estimate of drug-likeness (QED) is 0.763. The van der Waals surface area contributed by atoms with Crippen LogP contribution >= 0.6 is 0 Å². The Morgan fingerprint density at radius 1 is 1.24 bits per heavy atom. The third-order valence-electron chi connectivity index (χ3n) is 3.64. The third kappa shape index (κ3) is 1.83. The van der Waals surface area contributed by atoms with Gasteiger partial charge >= 0.3 is 0 Å². The van der Waals surface area contributed by atoms with E-state index in [4.69, 9.17) is 4.74 Å². The van der Waals surface area contributed by atoms with Gasteiger partial charge in [0.15, 0.2) is 0 Å². The molecule has 0 radical (unpaired) electrons. The second-order valence-corrected chi connectivity index (χ2v) is 4.87. The molecule has 0 spiro atoms. The number of rotatable bonds is 1. The summed E-state index contributed by atoms with van der Waals surface area (Å²) in [4.78, 5) is 3.13. The van der Waals surface area contributed by atoms with Crippen LogP contribution in [0.5, 0.6) is 0 Å². The van der Waals surface area contributed by atoms with Crippen molar-refractivity contribution in [2.75, 3.05) is 0 Å². The normalized spacial score (nSPS) is 36.2. The third-order valence-corrected chi connectivity index (χ3v) is 3.64. The summed E-state index contributed by atoms with van der Waals surface area (Å²) < 4.78 is 32.0. The van der Waals surface area contributed by atoms with E-state index in [1.165, 1.54) is 6.07 Å². The van der Waals surface area contributed by atoms with Crippen LogP contribution in [0.3, 0.4) is 0 Å². The molecule has 5 heteroatoms. The molecule has 2 bridgehead atoms. The number of halogens is 2. The summed E-state index contributed by atoms with van der Waals surface area (Å²) in [6.45, 7) is 0. The standard InChI is InChI=1S/C12H13F2NO2/c13-10-4-3-9(11(14)15-10)12(16)5-7-1-2-8(6-12)17-7/h3-4,7-8,16H,1-2,5-6H2. The molecule has 3 rings (SSSR count). The Bertz CT molecular complexity index is 440. The van der Waals surface area contributed by atoms with Crippen molar-refractivity contribution in [1.29, 1.82) is 0 Å². The predicted octanol–water partition coefficient (Wildman–Crippen LogP) is 1.89. The van der Waals surface area contributed by atoms with Crippen molar-refractivity contribution in [2.24, 2.45) is 0 Å². The number of hydrogen-bond acceptors (Lipinski definition) is 3. The lowest BCUT2D eigenvalue weighted by molar-refractivity contribution is -0.117. The fourth-order valence-corrected chi connectivity index (χ4v) is 2.90. The highest BCUT2D eigenvalue weighted by atomic mass is 19.1. The highest BCUT2D eigenvalue weighted by Crippen LogP contribution is 2.44. The molecule has 2 saturated heterocycles. The Morgan fingerprint density at radius 3 is 2.47 bits per heavy atom. The highest BCUT2D eigenvalue weighted by Gasteiger charge is 2.46. The van der Waals surface area contributed by atoms with E-state index in [0.717, 1.165) is 18.9 Å². The zero-order valence-corrected chi connectivity index (χ0v) is 9.20. The molecule has 2 fully saturated rings. The van der Waals surface area contributed by atoms with Gasteiger partial charge in [0.1, 0.15) is 0 Å². The van der Waals surface area contributed by atoms with Gasteiger partial charge in [-0.25, -0.2) is 0 Å². The van der Waals surface area contributed by atoms with Gasteiger partial charge in [0.25, 0.3) is 0 Å². The molecular weight excluding hydrogens is 228 g/mol. The number of nitrogens with zero attached hydrogens (tertiary/aromatic N) is 1. The predicted molar refractivity (Wildman–Crippen MR) is 55.2 cm³/mol. The number of fused-ring (bicyclic) bond motifs is 2. The molecule has 1 N–H and O–H groups in total. The van der Waals surface area contributed by atoms with Gasteiger partial charge in [-0.2, -0.15) is 13.8 Å². The minimum atomic E-state index is -1.27. The Morgan fingerprint density at radius 2 is 1.88 bits per heavy atom. The molecule has 2 aliphatic rings. The number of hydrogen-bond donors (Lipinski definition) is 1. The average Bonchev–Trinajstić information content (AvgIpc) is 2.58. The molecular formula is C12H13F2NO2. The smallest absolute Gasteiger partial charge is 0.221 e. The molecule has 17 heavy (non-hydrogen) atoms. The van der Waals surface area contributed by atoms with Crippen LogP contribution in [0, 0.1) is 11.9 Å². The number of pyridine rings is 1. The minimum absolute atomic E-state index is 0.0248. The van der Waals surface area contributed by atoms with E-state index in [0.29, 0.717) is 12.8 Å². The number of aliphatic hydroxyl groups is 1. The van der Waals surface area contributed by atoms with Crippen molar-refractivity contribution < 1.29 is 18.6 Å². The van der Waals surface area contributed by atoms with E-state index in [1.54, 1.807) is 0 Å². The molecule has 3 nitrogen and oxygen atoms in total. The molecule has 3 heterocycles. The zero-order chi connectivity index (χ0) is 12.0. The topological polar surface area (TPSA) is 42.4 Å². The SMILES string of the molecule is OC1(c2ccc(F)nc2F)CC2CCC(C1)O2. The largest absolute Gasteiger partial charge is 0.385 e. The van der Waals surface area contributed by atoms with Crippen LogP contribution < -0.4 is 0 Å². The first-order valence-corrected chi connectivity index (χ1v) is 5.77. The fourth-order valence-electron chi connectivity index (χ4n) is 2.90. The molecule has 2 atom stereocenters. The van der Waals surface area contributed by atoms with Crippen molar-refractivity contribution in [3.05, 3.63) is 29.6 Å². The van der Waals surface area contributed by atoms with Crippen molar-refractivity contribution in [2.45, 2.75) is 43.5 Å². The second-order valence-electron chi connectivity index (χ2n) is 4.87. The molecule has 1 aromatic heterocycles. The van der Waals surface area contributed by atoms with Crippen molar-refractivity contribution in [1.82, 2.24) is 4.98 Å². The van der Waals surface area contributed by atoms with Gasteiger partial charge < -0.3 is 9.84 Å². The Labute approximate surface area is 97.4 Å². The molecule has 0 aliphatic carbocycles. The monoisotopic (exact) mass is 241 g/mol. The Hall–Kier alpha value is -1.07. The van der Waals surface area contributed by atoms with E-state index in [1.807, 2.05) is 0 Å². The molecule has 2 aliphatic heterocycles. The van der Waals surface area contributed by atoms with Crippen LogP contribution in [0.25, 0.3) is 0 Å². The van der Waals surface area contributed by atoms with Gasteiger partial charge in [-0.15, -0.1) is 0 Å². The van der Waals surface area contributed by atoms with Gasteiger partial charge in [-0.1, -0.05) is 0 Å². The summed E-state index contributed by atoms with van der Waals surface area (Å²) >= 11 is 0. The number of aromatic nitrogens is 1. The first kappa shape index (κ1) is 11.0. The Balaban J connectivity index is 1.97. The van der Waals surface area contributed by atoms with Crippen LogP contribution in [-0.4, -0.2) is 22.3 Å². The summed E-state index contributed by atoms with van der Waals surface area (Å²) in [5.41, 5.74) is -1.19. The van der Waals surface area contributed by atoms with Gasteiger partial charge in [0, 0.05) is 18.4 Å². The van der Waals surface area contributed by atoms with E-state index < -0.39 is 17.5 Å². The Kier molecular flexibility index (Phi) is 2.41. The zero-order valence-electron chi connectivity index (χ0n) is 9.20. The van der Waals surface area contributed by atoms with Gasteiger partial charge in [0.05, 0.1) is 17.8 Å². The molecule has 92 valence electrons. The van der Waals surface area contributed by atoms with E-state index in [-0.39, 0.29) is 17.8 Å². The van der Waals surface area contributed by atoms with Crippen LogP contribution in [0.2, 0.25) is 0 Å². The van der Waals surface area contributed by atoms with Crippen LogP contribution in [0.1, 0.15) is 31.2 Å². The van der Waals surface area contributed by atoms with Gasteiger partial charge in [-0.3, -0.25) is 0 Å². The second kappa shape index (κ2) is 3.71. The maximum Gasteiger partial charge on any atom is 0.221 e. The van der Waals surface area contributed by atoms with E-state index in [2.05, 4.69) is 4.98 Å². The van der Waals surface area contributed by atoms with Crippen LogP contribution in [-0.2, 0) is 10.3 Å². The van der Waals surface area contributed by atoms with E-state index >= 15 is 0 Å². The summed E-state index contributed by atoms with van der Waals surface area (Å²) in [6, 6.07) is 2.36. The summed E-state index contributed by atoms with van der Waals surface area (Å²) in [5.74, 6) is -1.79. The van der Waals surface area contributed by atoms with Crippen LogP contribution in [0.4, 0.5) is 8.78 Å². The maximum atomic E-state index is 13.6. The average molecular weight is 241 g/mol. The minimum Gasteiger partial charge on any atom is -0.385 e. The number of ether oxygens (including phenoxy) is 1. The summed E-state index contributed by atoms with van der Waals surface area (Å²) in [5, 5.41) is 10.5. The van der Waals surface area contributed by atoms with Crippen molar-refractivity contribution in [3.8, 4) is 0 Å². The maximum absolute atomic E-state index is 13.6. The van der Waals surface area contributed by atoms with Gasteiger partial charge in [0.2, 0.25) is 11.9 Å². The first-order chi connectivity index (χ1) is 8.07. The lowest BCUT2D eigenvalue weighted by atomic mass is 9.84. The molecule has 0 aromatic carbocycles. The molecule has 2 unspecified atom stereocenters. The first-order valence-electron chi connectivity index (χ1n) is 5.77. The van der Waals surface area contributed by atoms with E-state index in [9.17, 15) is 13.9 Å².